The molecule has 136 valence electrons. The Labute approximate surface area is 151 Å². The van der Waals surface area contributed by atoms with Gasteiger partial charge >= 0.3 is 0 Å². The molecule has 0 saturated carbocycles. The molecule has 24 heavy (non-hydrogen) atoms. The summed E-state index contributed by atoms with van der Waals surface area (Å²) in [6, 6.07) is 6.82. The molecule has 0 saturated heterocycles. The van der Waals surface area contributed by atoms with Gasteiger partial charge in [0.25, 0.3) is 5.91 Å². The van der Waals surface area contributed by atoms with Crippen molar-refractivity contribution in [1.82, 2.24) is 10.6 Å². The lowest BCUT2D eigenvalue weighted by Gasteiger charge is -2.25. The molecule has 0 radical (unpaired) electrons. The highest BCUT2D eigenvalue weighted by Crippen LogP contribution is 2.17. The second-order valence-electron chi connectivity index (χ2n) is 7.04. The Kier molecular flexibility index (Phi) is 9.01. The number of benzene rings is 1. The molecule has 6 heteroatoms. The average molecular weight is 356 g/mol. The maximum absolute atomic E-state index is 12.1. The summed E-state index contributed by atoms with van der Waals surface area (Å²) in [5, 5.41) is 5.76. The number of nitrogens with two attached hydrogens (primary N) is 1. The van der Waals surface area contributed by atoms with Crippen LogP contribution in [0.5, 0.6) is 0 Å². The molecule has 0 spiro atoms. The van der Waals surface area contributed by atoms with Gasteiger partial charge in [-0.1, -0.05) is 39.8 Å². The molecular formula is C18H30ClN3O2. The second-order valence-corrected chi connectivity index (χ2v) is 7.04. The van der Waals surface area contributed by atoms with E-state index in [0.717, 1.165) is 12.0 Å². The first-order valence-electron chi connectivity index (χ1n) is 8.08. The van der Waals surface area contributed by atoms with E-state index in [1.807, 2.05) is 46.8 Å². The van der Waals surface area contributed by atoms with E-state index in [2.05, 4.69) is 10.6 Å². The first-order valence-corrected chi connectivity index (χ1v) is 8.08. The first-order chi connectivity index (χ1) is 10.6. The minimum atomic E-state index is -0.570. The summed E-state index contributed by atoms with van der Waals surface area (Å²) >= 11 is 0. The average Bonchev–Trinajstić information content (AvgIpc) is 2.50. The van der Waals surface area contributed by atoms with Crippen LogP contribution in [-0.4, -0.2) is 23.9 Å². The van der Waals surface area contributed by atoms with Crippen LogP contribution in [0.3, 0.4) is 0 Å². The van der Waals surface area contributed by atoms with Crippen molar-refractivity contribution in [2.75, 3.05) is 0 Å². The van der Waals surface area contributed by atoms with E-state index in [4.69, 9.17) is 5.73 Å². The molecule has 0 aliphatic heterocycles. The number of carbonyl (C=O) groups is 2. The number of carbonyl (C=O) groups excluding carboxylic acids is 2. The zero-order valence-electron chi connectivity index (χ0n) is 15.2. The van der Waals surface area contributed by atoms with Gasteiger partial charge in [0.2, 0.25) is 5.91 Å². The van der Waals surface area contributed by atoms with Crippen LogP contribution in [0.4, 0.5) is 0 Å². The molecule has 5 nitrogen and oxygen atoms in total. The van der Waals surface area contributed by atoms with Crippen LogP contribution in [0.15, 0.2) is 24.3 Å². The lowest BCUT2D eigenvalue weighted by molar-refractivity contribution is -0.124. The van der Waals surface area contributed by atoms with Gasteiger partial charge in [0.05, 0.1) is 6.04 Å². The number of amides is 2. The Bertz CT molecular complexity index is 555. The van der Waals surface area contributed by atoms with E-state index in [9.17, 15) is 9.59 Å². The van der Waals surface area contributed by atoms with Gasteiger partial charge in [-0.2, -0.15) is 0 Å². The molecule has 2 amide bonds. The van der Waals surface area contributed by atoms with Crippen LogP contribution >= 0.6 is 12.4 Å². The molecule has 1 unspecified atom stereocenters. The lowest BCUT2D eigenvalue weighted by atomic mass is 9.87. The van der Waals surface area contributed by atoms with Gasteiger partial charge in [-0.3, -0.25) is 9.59 Å². The van der Waals surface area contributed by atoms with Gasteiger partial charge in [-0.15, -0.1) is 12.4 Å². The maximum atomic E-state index is 12.1. The SMILES string of the molecule is CCC(C)NC(=O)c1cccc(CNC(=O)[C@@H](N)C(C)(C)C)c1.Cl. The highest BCUT2D eigenvalue weighted by molar-refractivity contribution is 5.94. The van der Waals surface area contributed by atoms with Crippen molar-refractivity contribution < 1.29 is 9.59 Å². The van der Waals surface area contributed by atoms with E-state index >= 15 is 0 Å². The molecular weight excluding hydrogens is 326 g/mol. The van der Waals surface area contributed by atoms with Crippen molar-refractivity contribution in [1.29, 1.82) is 0 Å². The quantitative estimate of drug-likeness (QED) is 0.733. The molecule has 0 aliphatic rings. The van der Waals surface area contributed by atoms with E-state index in [0.29, 0.717) is 12.1 Å². The number of hydrogen-bond donors (Lipinski definition) is 3. The van der Waals surface area contributed by atoms with E-state index < -0.39 is 6.04 Å². The molecule has 0 bridgehead atoms. The molecule has 4 N–H and O–H groups in total. The fourth-order valence-electron chi connectivity index (χ4n) is 1.92. The van der Waals surface area contributed by atoms with Gasteiger partial charge in [0, 0.05) is 18.2 Å². The van der Waals surface area contributed by atoms with Gasteiger partial charge < -0.3 is 16.4 Å². The van der Waals surface area contributed by atoms with Crippen molar-refractivity contribution >= 4 is 24.2 Å². The first kappa shape index (κ1) is 22.4. The summed E-state index contributed by atoms with van der Waals surface area (Å²) in [7, 11) is 0. The lowest BCUT2D eigenvalue weighted by Crippen LogP contribution is -2.48. The topological polar surface area (TPSA) is 84.2 Å². The van der Waals surface area contributed by atoms with Gasteiger partial charge in [-0.05, 0) is 36.5 Å². The minimum absolute atomic E-state index is 0. The predicted molar refractivity (Wildman–Crippen MR) is 100 cm³/mol. The van der Waals surface area contributed by atoms with Crippen LogP contribution in [0.1, 0.15) is 57.0 Å². The second kappa shape index (κ2) is 9.64. The Morgan fingerprint density at radius 1 is 1.25 bits per heavy atom. The van der Waals surface area contributed by atoms with E-state index in [1.54, 1.807) is 12.1 Å². The van der Waals surface area contributed by atoms with Crippen molar-refractivity contribution in [3.63, 3.8) is 0 Å². The minimum Gasteiger partial charge on any atom is -0.351 e. The van der Waals surface area contributed by atoms with E-state index in [1.165, 1.54) is 0 Å². The van der Waals surface area contributed by atoms with E-state index in [-0.39, 0.29) is 35.7 Å². The molecule has 0 heterocycles. The molecule has 1 aromatic carbocycles. The summed E-state index contributed by atoms with van der Waals surface area (Å²) in [5.41, 5.74) is 7.11. The highest BCUT2D eigenvalue weighted by Gasteiger charge is 2.27. The Morgan fingerprint density at radius 3 is 2.42 bits per heavy atom. The Hall–Kier alpha value is -1.59. The third kappa shape index (κ3) is 6.89. The number of nitrogens with one attached hydrogen (secondary N) is 2. The highest BCUT2D eigenvalue weighted by atomic mass is 35.5. The summed E-state index contributed by atoms with van der Waals surface area (Å²) in [6.07, 6.45) is 0.881. The third-order valence-corrected chi connectivity index (χ3v) is 3.86. The summed E-state index contributed by atoms with van der Waals surface area (Å²) in [6.45, 7) is 10.1. The van der Waals surface area contributed by atoms with Crippen LogP contribution in [0, 0.1) is 5.41 Å². The zero-order chi connectivity index (χ0) is 17.6. The Balaban J connectivity index is 0.00000529. The van der Waals surface area contributed by atoms with Crippen LogP contribution in [-0.2, 0) is 11.3 Å². The number of rotatable bonds is 6. The van der Waals surface area contributed by atoms with Crippen LogP contribution in [0.2, 0.25) is 0 Å². The van der Waals surface area contributed by atoms with Gasteiger partial charge in [0.1, 0.15) is 0 Å². The van der Waals surface area contributed by atoms with Crippen molar-refractivity contribution in [3.05, 3.63) is 35.4 Å². The summed E-state index contributed by atoms with van der Waals surface area (Å²) in [4.78, 5) is 24.2. The van der Waals surface area contributed by atoms with Gasteiger partial charge in [0.15, 0.2) is 0 Å². The largest absolute Gasteiger partial charge is 0.351 e. The number of halogens is 1. The van der Waals surface area contributed by atoms with Gasteiger partial charge in [-0.25, -0.2) is 0 Å². The molecule has 1 rings (SSSR count). The number of hydrogen-bond acceptors (Lipinski definition) is 3. The fraction of sp³-hybridized carbons (Fsp3) is 0.556. The molecule has 1 aromatic rings. The Morgan fingerprint density at radius 2 is 1.88 bits per heavy atom. The summed E-state index contributed by atoms with van der Waals surface area (Å²) < 4.78 is 0. The molecule has 0 aromatic heterocycles. The molecule has 2 atom stereocenters. The maximum Gasteiger partial charge on any atom is 0.251 e. The van der Waals surface area contributed by atoms with Crippen molar-refractivity contribution in [3.8, 4) is 0 Å². The summed E-state index contributed by atoms with van der Waals surface area (Å²) in [5.74, 6) is -0.286. The normalized spacial score (nSPS) is 13.4. The molecule has 0 aliphatic carbocycles. The smallest absolute Gasteiger partial charge is 0.251 e. The zero-order valence-corrected chi connectivity index (χ0v) is 16.0. The third-order valence-electron chi connectivity index (χ3n) is 3.86. The van der Waals surface area contributed by atoms with Crippen molar-refractivity contribution in [2.24, 2.45) is 11.1 Å². The molecule has 0 fully saturated rings. The van der Waals surface area contributed by atoms with Crippen LogP contribution < -0.4 is 16.4 Å². The fourth-order valence-corrected chi connectivity index (χ4v) is 1.92. The monoisotopic (exact) mass is 355 g/mol. The standard InChI is InChI=1S/C18H29N3O2.ClH/c1-6-12(2)21-16(22)14-9-7-8-13(10-14)11-20-17(23)15(19)18(3,4)5;/h7-10,12,15H,6,11,19H2,1-5H3,(H,20,23)(H,21,22);1H/t12?,15-;/m1./s1. The van der Waals surface area contributed by atoms with Crippen molar-refractivity contribution in [2.45, 2.75) is 59.7 Å². The predicted octanol–water partition coefficient (Wildman–Crippen LogP) is 2.63. The van der Waals surface area contributed by atoms with Crippen LogP contribution in [0.25, 0.3) is 0 Å².